The fourth-order valence-corrected chi connectivity index (χ4v) is 4.61. The first-order valence-corrected chi connectivity index (χ1v) is 12.1. The van der Waals surface area contributed by atoms with E-state index < -0.39 is 22.5 Å². The molecule has 0 atom stereocenters. The van der Waals surface area contributed by atoms with Gasteiger partial charge in [0.1, 0.15) is 11.5 Å². The van der Waals surface area contributed by atoms with Gasteiger partial charge in [0.2, 0.25) is 0 Å². The van der Waals surface area contributed by atoms with Gasteiger partial charge >= 0.3 is 11.4 Å². The number of benzene rings is 1. The fourth-order valence-electron chi connectivity index (χ4n) is 4.61. The van der Waals surface area contributed by atoms with E-state index >= 15 is 0 Å². The molecular weight excluding hydrogens is 460 g/mol. The number of nitrogens with zero attached hydrogens (tertiary/aromatic N) is 4. The number of nitrogen functional groups attached to an aromatic ring is 1. The van der Waals surface area contributed by atoms with Crippen LogP contribution >= 0.6 is 0 Å². The summed E-state index contributed by atoms with van der Waals surface area (Å²) in [5.74, 6) is 0.0408. The SMILES string of the molecule is Cn1c(CN(CCC2=CCCCC2)c2c(N)n(Cc3ccccc3)c(=O)[nH]c2=O)cc(=O)n(C)c1=O. The molecule has 1 aliphatic carbocycles. The highest BCUT2D eigenvalue weighted by atomic mass is 16.2. The van der Waals surface area contributed by atoms with Crippen LogP contribution in [0.15, 0.2) is 67.2 Å². The number of H-pyrrole nitrogens is 1. The molecule has 36 heavy (non-hydrogen) atoms. The molecule has 0 saturated carbocycles. The topological polar surface area (TPSA) is 128 Å². The molecule has 1 aliphatic rings. The Kier molecular flexibility index (Phi) is 7.42. The zero-order valence-corrected chi connectivity index (χ0v) is 20.7. The monoisotopic (exact) mass is 492 g/mol. The van der Waals surface area contributed by atoms with Crippen molar-refractivity contribution < 1.29 is 0 Å². The minimum Gasteiger partial charge on any atom is -0.383 e. The second-order valence-corrected chi connectivity index (χ2v) is 9.22. The smallest absolute Gasteiger partial charge is 0.330 e. The molecule has 1 aromatic carbocycles. The van der Waals surface area contributed by atoms with Crippen LogP contribution in [0.5, 0.6) is 0 Å². The summed E-state index contributed by atoms with van der Waals surface area (Å²) in [5, 5.41) is 0. The van der Waals surface area contributed by atoms with Crippen molar-refractivity contribution in [3.05, 3.63) is 101 Å². The van der Waals surface area contributed by atoms with Crippen LogP contribution < -0.4 is 33.1 Å². The van der Waals surface area contributed by atoms with Gasteiger partial charge in [0.15, 0.2) is 0 Å². The van der Waals surface area contributed by atoms with Gasteiger partial charge in [-0.25, -0.2) is 9.59 Å². The lowest BCUT2D eigenvalue weighted by atomic mass is 9.97. The normalized spacial score (nSPS) is 13.4. The van der Waals surface area contributed by atoms with Gasteiger partial charge in [-0.3, -0.25) is 28.3 Å². The molecule has 0 spiro atoms. The first-order chi connectivity index (χ1) is 17.3. The van der Waals surface area contributed by atoms with Crippen molar-refractivity contribution in [1.29, 1.82) is 0 Å². The highest BCUT2D eigenvalue weighted by Crippen LogP contribution is 2.24. The molecule has 2 aromatic heterocycles. The summed E-state index contributed by atoms with van der Waals surface area (Å²) in [4.78, 5) is 54.8. The van der Waals surface area contributed by atoms with E-state index in [0.29, 0.717) is 18.7 Å². The third-order valence-corrected chi connectivity index (χ3v) is 6.78. The van der Waals surface area contributed by atoms with E-state index in [-0.39, 0.29) is 24.6 Å². The Bertz CT molecular complexity index is 1510. The molecule has 0 amide bonds. The highest BCUT2D eigenvalue weighted by Gasteiger charge is 2.21. The van der Waals surface area contributed by atoms with Gasteiger partial charge in [-0.2, -0.15) is 0 Å². The van der Waals surface area contributed by atoms with Crippen LogP contribution in [-0.4, -0.2) is 25.2 Å². The standard InChI is InChI=1S/C26H32N6O4/c1-29-20(15-21(33)30(2)26(29)36)17-31(14-13-18-9-5-3-6-10-18)22-23(27)32(25(35)28-24(22)34)16-19-11-7-4-8-12-19/h4,7-9,11-12,15H,3,5-6,10,13-14,16-17,27H2,1-2H3,(H,28,34,35). The van der Waals surface area contributed by atoms with Crippen LogP contribution in [-0.2, 0) is 27.2 Å². The maximum Gasteiger partial charge on any atom is 0.330 e. The Morgan fingerprint density at radius 3 is 2.47 bits per heavy atom. The number of aromatic amines is 1. The van der Waals surface area contributed by atoms with Crippen LogP contribution in [0, 0.1) is 0 Å². The summed E-state index contributed by atoms with van der Waals surface area (Å²) in [6, 6.07) is 10.7. The number of nitrogens with two attached hydrogens (primary N) is 1. The van der Waals surface area contributed by atoms with Crippen molar-refractivity contribution in [3.8, 4) is 0 Å². The van der Waals surface area contributed by atoms with Crippen LogP contribution in [0.3, 0.4) is 0 Å². The Balaban J connectivity index is 1.78. The van der Waals surface area contributed by atoms with Crippen molar-refractivity contribution in [2.24, 2.45) is 14.1 Å². The van der Waals surface area contributed by atoms with Gasteiger partial charge in [0, 0.05) is 32.4 Å². The fraction of sp³-hybridized carbons (Fsp3) is 0.385. The Labute approximate surface area is 207 Å². The summed E-state index contributed by atoms with van der Waals surface area (Å²) in [6.45, 7) is 0.733. The molecule has 0 saturated heterocycles. The predicted molar refractivity (Wildman–Crippen MR) is 140 cm³/mol. The molecule has 0 unspecified atom stereocenters. The van der Waals surface area contributed by atoms with Gasteiger partial charge in [-0.1, -0.05) is 42.0 Å². The number of rotatable bonds is 8. The van der Waals surface area contributed by atoms with Crippen LogP contribution in [0.1, 0.15) is 43.4 Å². The first kappa shape index (κ1) is 25.0. The summed E-state index contributed by atoms with van der Waals surface area (Å²) >= 11 is 0. The van der Waals surface area contributed by atoms with Crippen molar-refractivity contribution in [2.45, 2.75) is 45.2 Å². The third-order valence-electron chi connectivity index (χ3n) is 6.78. The van der Waals surface area contributed by atoms with E-state index in [1.807, 2.05) is 30.3 Å². The average molecular weight is 493 g/mol. The number of aromatic nitrogens is 4. The number of allylic oxidation sites excluding steroid dienone is 1. The molecule has 10 nitrogen and oxygen atoms in total. The Morgan fingerprint density at radius 1 is 1.03 bits per heavy atom. The Morgan fingerprint density at radius 2 is 1.78 bits per heavy atom. The highest BCUT2D eigenvalue weighted by molar-refractivity contribution is 5.62. The molecule has 3 aromatic rings. The van der Waals surface area contributed by atoms with Gasteiger partial charge in [-0.05, 0) is 37.7 Å². The van der Waals surface area contributed by atoms with Gasteiger partial charge < -0.3 is 10.6 Å². The summed E-state index contributed by atoms with van der Waals surface area (Å²) in [7, 11) is 3.01. The molecule has 3 N–H and O–H groups in total. The molecule has 0 bridgehead atoms. The molecule has 190 valence electrons. The minimum atomic E-state index is -0.603. The predicted octanol–water partition coefficient (Wildman–Crippen LogP) is 1.46. The lowest BCUT2D eigenvalue weighted by molar-refractivity contribution is 0.621. The largest absolute Gasteiger partial charge is 0.383 e. The van der Waals surface area contributed by atoms with E-state index in [9.17, 15) is 19.2 Å². The molecule has 0 fully saturated rings. The molecule has 0 radical (unpaired) electrons. The van der Waals surface area contributed by atoms with Crippen LogP contribution in [0.4, 0.5) is 11.5 Å². The number of hydrogen-bond donors (Lipinski definition) is 2. The van der Waals surface area contributed by atoms with Crippen molar-refractivity contribution >= 4 is 11.5 Å². The van der Waals surface area contributed by atoms with Crippen molar-refractivity contribution in [1.82, 2.24) is 18.7 Å². The van der Waals surface area contributed by atoms with E-state index in [4.69, 9.17) is 5.73 Å². The average Bonchev–Trinajstić information content (AvgIpc) is 2.88. The summed E-state index contributed by atoms with van der Waals surface area (Å²) < 4.78 is 3.75. The summed E-state index contributed by atoms with van der Waals surface area (Å²) in [5.41, 5.74) is 7.14. The van der Waals surface area contributed by atoms with Crippen molar-refractivity contribution in [3.63, 3.8) is 0 Å². The number of hydrogen-bond acceptors (Lipinski definition) is 6. The number of anilines is 2. The van der Waals surface area contributed by atoms with Crippen molar-refractivity contribution in [2.75, 3.05) is 17.2 Å². The minimum absolute atomic E-state index is 0.0408. The maximum atomic E-state index is 13.1. The van der Waals surface area contributed by atoms with E-state index in [2.05, 4.69) is 11.1 Å². The van der Waals surface area contributed by atoms with Crippen LogP contribution in [0.2, 0.25) is 0 Å². The molecule has 0 aliphatic heterocycles. The molecule has 2 heterocycles. The lowest BCUT2D eigenvalue weighted by Gasteiger charge is -2.28. The Hall–Kier alpha value is -4.08. The number of nitrogens with one attached hydrogen (secondary N) is 1. The first-order valence-electron chi connectivity index (χ1n) is 12.1. The van der Waals surface area contributed by atoms with E-state index in [1.165, 1.54) is 34.2 Å². The second-order valence-electron chi connectivity index (χ2n) is 9.22. The van der Waals surface area contributed by atoms with Crippen LogP contribution in [0.25, 0.3) is 0 Å². The quantitative estimate of drug-likeness (QED) is 0.458. The zero-order valence-electron chi connectivity index (χ0n) is 20.7. The summed E-state index contributed by atoms with van der Waals surface area (Å²) in [6.07, 6.45) is 7.26. The molecule has 4 rings (SSSR count). The van der Waals surface area contributed by atoms with E-state index in [1.54, 1.807) is 11.9 Å². The molecular formula is C26H32N6O4. The zero-order chi connectivity index (χ0) is 25.8. The third kappa shape index (κ3) is 5.27. The maximum absolute atomic E-state index is 13.1. The van der Waals surface area contributed by atoms with E-state index in [0.717, 1.165) is 29.4 Å². The second kappa shape index (κ2) is 10.7. The van der Waals surface area contributed by atoms with Gasteiger partial charge in [0.25, 0.3) is 11.1 Å². The molecule has 10 heteroatoms. The lowest BCUT2D eigenvalue weighted by Crippen LogP contribution is -2.42. The van der Waals surface area contributed by atoms with Gasteiger partial charge in [-0.15, -0.1) is 0 Å². The van der Waals surface area contributed by atoms with Gasteiger partial charge in [0.05, 0.1) is 13.1 Å².